The summed E-state index contributed by atoms with van der Waals surface area (Å²) >= 11 is 12.1. The Balaban J connectivity index is 1.40. The molecule has 1 N–H and O–H groups in total. The van der Waals surface area contributed by atoms with Gasteiger partial charge in [0.2, 0.25) is 15.9 Å². The summed E-state index contributed by atoms with van der Waals surface area (Å²) in [5.74, 6) is 0.0374. The zero-order valence-corrected chi connectivity index (χ0v) is 23.8. The second kappa shape index (κ2) is 11.1. The Bertz CT molecular complexity index is 1630. The van der Waals surface area contributed by atoms with Crippen LogP contribution in [0.2, 0.25) is 0 Å². The molecule has 2 aliphatic rings. The number of nitrogens with zero attached hydrogens (tertiary/aromatic N) is 6. The van der Waals surface area contributed by atoms with Crippen molar-refractivity contribution in [3.05, 3.63) is 64.8 Å². The first-order valence-electron chi connectivity index (χ1n) is 12.5. The molecular formula is C26H26Cl2N6O5S. The molecule has 0 spiro atoms. The molecule has 5 rings (SSSR count). The number of sulfonamides is 1. The van der Waals surface area contributed by atoms with Crippen molar-refractivity contribution in [2.75, 3.05) is 41.9 Å². The number of hydrogen-bond donors (Lipinski definition) is 1. The highest BCUT2D eigenvalue weighted by atomic mass is 35.5. The Morgan fingerprint density at radius 3 is 2.38 bits per heavy atom. The standard InChI is InChI=1S/C26H26Cl2N6O5S/c1-17(35)31-8-10-32(11-9-31)24-4-5-25(30-29-24)33-7-6-18-12-21(2-3-23(18)33)34(16-26(36)37)40(38,39)22-14-19(27)13-20(28)15-22/h2-7,12-14,22H,8-11,15-16H2,1H3,(H,36,37). The molecule has 1 unspecified atom stereocenters. The van der Waals surface area contributed by atoms with E-state index in [1.165, 1.54) is 12.2 Å². The molecule has 2 aromatic heterocycles. The van der Waals surface area contributed by atoms with Gasteiger partial charge in [-0.05, 0) is 48.6 Å². The molecule has 14 heteroatoms. The molecule has 0 bridgehead atoms. The number of halogens is 2. The van der Waals surface area contributed by atoms with Crippen LogP contribution in [0.25, 0.3) is 16.7 Å². The summed E-state index contributed by atoms with van der Waals surface area (Å²) in [6, 6.07) is 10.4. The first-order valence-corrected chi connectivity index (χ1v) is 14.7. The van der Waals surface area contributed by atoms with Crippen molar-refractivity contribution in [3.63, 3.8) is 0 Å². The van der Waals surface area contributed by atoms with Crippen LogP contribution in [0.4, 0.5) is 11.5 Å². The van der Waals surface area contributed by atoms with Crippen LogP contribution in [0.5, 0.6) is 0 Å². The average molecular weight is 606 g/mol. The van der Waals surface area contributed by atoms with E-state index in [9.17, 15) is 23.1 Å². The molecule has 1 aromatic carbocycles. The maximum atomic E-state index is 13.5. The lowest BCUT2D eigenvalue weighted by Crippen LogP contribution is -2.48. The number of amides is 1. The van der Waals surface area contributed by atoms with Crippen LogP contribution in [-0.2, 0) is 19.6 Å². The lowest BCUT2D eigenvalue weighted by molar-refractivity contribution is -0.135. The normalized spacial score (nSPS) is 17.9. The first kappa shape index (κ1) is 27.9. The van der Waals surface area contributed by atoms with Crippen LogP contribution >= 0.6 is 23.2 Å². The van der Waals surface area contributed by atoms with E-state index in [0.29, 0.717) is 43.2 Å². The maximum Gasteiger partial charge on any atom is 0.324 e. The smallest absolute Gasteiger partial charge is 0.324 e. The molecule has 0 radical (unpaired) electrons. The number of carboxylic acids is 1. The second-order valence-corrected chi connectivity index (χ2v) is 12.5. The van der Waals surface area contributed by atoms with Gasteiger partial charge in [-0.1, -0.05) is 23.2 Å². The largest absolute Gasteiger partial charge is 0.480 e. The molecule has 0 saturated carbocycles. The number of hydrogen-bond acceptors (Lipinski definition) is 7. The van der Waals surface area contributed by atoms with Crippen molar-refractivity contribution in [2.45, 2.75) is 18.6 Å². The first-order chi connectivity index (χ1) is 19.0. The monoisotopic (exact) mass is 604 g/mol. The maximum absolute atomic E-state index is 13.5. The van der Waals surface area contributed by atoms with Crippen LogP contribution in [0.15, 0.2) is 64.8 Å². The zero-order chi connectivity index (χ0) is 28.6. The van der Waals surface area contributed by atoms with Crippen molar-refractivity contribution in [1.82, 2.24) is 19.7 Å². The van der Waals surface area contributed by atoms with Crippen LogP contribution in [0, 0.1) is 0 Å². The number of rotatable bonds is 7. The quantitative estimate of drug-likeness (QED) is 0.435. The van der Waals surface area contributed by atoms with E-state index in [1.807, 2.05) is 16.7 Å². The van der Waals surface area contributed by atoms with Gasteiger partial charge in [0.05, 0.1) is 11.2 Å². The van der Waals surface area contributed by atoms with Crippen LogP contribution in [0.1, 0.15) is 13.3 Å². The molecule has 3 heterocycles. The molecule has 1 atom stereocenters. The van der Waals surface area contributed by atoms with E-state index in [1.54, 1.807) is 42.3 Å². The highest BCUT2D eigenvalue weighted by Crippen LogP contribution is 2.33. The minimum absolute atomic E-state index is 0.00404. The summed E-state index contributed by atoms with van der Waals surface area (Å²) in [7, 11) is -4.17. The van der Waals surface area contributed by atoms with E-state index in [2.05, 4.69) is 15.1 Å². The summed E-state index contributed by atoms with van der Waals surface area (Å²) in [6.45, 7) is 3.41. The van der Waals surface area contributed by atoms with Gasteiger partial charge in [0.25, 0.3) is 0 Å². The number of benzene rings is 1. The minimum Gasteiger partial charge on any atom is -0.480 e. The topological polar surface area (TPSA) is 129 Å². The SMILES string of the molecule is CC(=O)N1CCN(c2ccc(-n3ccc4cc(N(CC(=O)O)S(=O)(=O)C5C=C(Cl)C=C(Cl)C5)ccc43)nn2)CC1. The molecular weight excluding hydrogens is 579 g/mol. The molecule has 210 valence electrons. The number of aliphatic carboxylic acids is 1. The van der Waals surface area contributed by atoms with E-state index >= 15 is 0 Å². The van der Waals surface area contributed by atoms with Gasteiger partial charge in [0.15, 0.2) is 11.6 Å². The van der Waals surface area contributed by atoms with Crippen molar-refractivity contribution in [1.29, 1.82) is 0 Å². The van der Waals surface area contributed by atoms with Crippen molar-refractivity contribution < 1.29 is 23.1 Å². The number of carbonyl (C=O) groups is 2. The van der Waals surface area contributed by atoms with Gasteiger partial charge in [0.1, 0.15) is 11.8 Å². The summed E-state index contributed by atoms with van der Waals surface area (Å²) in [4.78, 5) is 27.1. The number of aromatic nitrogens is 3. The molecule has 11 nitrogen and oxygen atoms in total. The predicted molar refractivity (Wildman–Crippen MR) is 154 cm³/mol. The molecule has 3 aromatic rings. The third-order valence-electron chi connectivity index (χ3n) is 6.90. The Hall–Kier alpha value is -3.61. The van der Waals surface area contributed by atoms with Gasteiger partial charge in [-0.2, -0.15) is 0 Å². The number of carboxylic acid groups (broad SMARTS) is 1. The van der Waals surface area contributed by atoms with Crippen LogP contribution in [0.3, 0.4) is 0 Å². The molecule has 1 fully saturated rings. The average Bonchev–Trinajstić information content (AvgIpc) is 3.34. The number of anilines is 2. The van der Waals surface area contributed by atoms with Crippen LogP contribution < -0.4 is 9.21 Å². The minimum atomic E-state index is -4.17. The zero-order valence-electron chi connectivity index (χ0n) is 21.4. The van der Waals surface area contributed by atoms with Gasteiger partial charge in [-0.25, -0.2) is 8.42 Å². The Kier molecular flexibility index (Phi) is 7.76. The summed E-state index contributed by atoms with van der Waals surface area (Å²) in [6.07, 6.45) is 4.61. The van der Waals surface area contributed by atoms with Crippen LogP contribution in [-0.4, -0.2) is 83.0 Å². The third kappa shape index (κ3) is 5.65. The van der Waals surface area contributed by atoms with E-state index in [0.717, 1.165) is 9.82 Å². The van der Waals surface area contributed by atoms with Gasteiger partial charge in [-0.15, -0.1) is 10.2 Å². The van der Waals surface area contributed by atoms with E-state index in [4.69, 9.17) is 23.2 Å². The van der Waals surface area contributed by atoms with Gasteiger partial charge < -0.3 is 14.9 Å². The lowest BCUT2D eigenvalue weighted by atomic mass is 10.2. The van der Waals surface area contributed by atoms with Gasteiger partial charge in [0, 0.05) is 61.2 Å². The number of allylic oxidation sites excluding steroid dienone is 3. The van der Waals surface area contributed by atoms with Crippen molar-refractivity contribution in [2.24, 2.45) is 0 Å². The fourth-order valence-electron chi connectivity index (χ4n) is 4.84. The highest BCUT2D eigenvalue weighted by Gasteiger charge is 2.34. The summed E-state index contributed by atoms with van der Waals surface area (Å²) < 4.78 is 29.7. The lowest BCUT2D eigenvalue weighted by Gasteiger charge is -2.34. The molecule has 1 amide bonds. The number of fused-ring (bicyclic) bond motifs is 1. The Morgan fingerprint density at radius 2 is 1.75 bits per heavy atom. The molecule has 1 saturated heterocycles. The highest BCUT2D eigenvalue weighted by molar-refractivity contribution is 7.93. The van der Waals surface area contributed by atoms with Crippen molar-refractivity contribution in [3.8, 4) is 5.82 Å². The second-order valence-electron chi connectivity index (χ2n) is 9.50. The van der Waals surface area contributed by atoms with E-state index in [-0.39, 0.29) is 28.1 Å². The summed E-state index contributed by atoms with van der Waals surface area (Å²) in [5, 5.41) is 18.3. The number of piperazine rings is 1. The molecule has 40 heavy (non-hydrogen) atoms. The number of carbonyl (C=O) groups excluding carboxylic acids is 1. The Labute approximate surface area is 240 Å². The van der Waals surface area contributed by atoms with E-state index < -0.39 is 27.8 Å². The molecule has 1 aliphatic carbocycles. The fourth-order valence-corrected chi connectivity index (χ4v) is 7.36. The van der Waals surface area contributed by atoms with Gasteiger partial charge >= 0.3 is 5.97 Å². The third-order valence-corrected chi connectivity index (χ3v) is 9.42. The molecule has 1 aliphatic heterocycles. The van der Waals surface area contributed by atoms with Crippen molar-refractivity contribution >= 4 is 67.5 Å². The summed E-state index contributed by atoms with van der Waals surface area (Å²) in [5.41, 5.74) is 0.939. The Morgan fingerprint density at radius 1 is 1.05 bits per heavy atom. The predicted octanol–water partition coefficient (Wildman–Crippen LogP) is 3.33. The van der Waals surface area contributed by atoms with Gasteiger partial charge in [-0.3, -0.25) is 18.5 Å². The fraction of sp³-hybridized carbons (Fsp3) is 0.308.